The molecular formula is C21H26N2O2. The normalized spacial score (nSPS) is 20.8. The highest BCUT2D eigenvalue weighted by Crippen LogP contribution is 2.27. The number of ether oxygens (including phenoxy) is 1. The Morgan fingerprint density at radius 1 is 1.08 bits per heavy atom. The summed E-state index contributed by atoms with van der Waals surface area (Å²) in [5.74, 6) is 0.439. The number of carbonyl (C=O) groups excluding carboxylic acids is 1. The molecule has 1 amide bonds. The molecule has 1 saturated heterocycles. The van der Waals surface area contributed by atoms with Crippen LogP contribution in [0.4, 0.5) is 4.79 Å². The number of rotatable bonds is 5. The summed E-state index contributed by atoms with van der Waals surface area (Å²) in [4.78, 5) is 14.6. The van der Waals surface area contributed by atoms with E-state index in [9.17, 15) is 4.79 Å². The fourth-order valence-corrected chi connectivity index (χ4v) is 3.45. The van der Waals surface area contributed by atoms with Gasteiger partial charge in [0.25, 0.3) is 0 Å². The van der Waals surface area contributed by atoms with E-state index in [2.05, 4.69) is 41.4 Å². The third-order valence-electron chi connectivity index (χ3n) is 4.78. The average Bonchev–Trinajstić information content (AvgIpc) is 2.67. The minimum absolute atomic E-state index is 0.113. The summed E-state index contributed by atoms with van der Waals surface area (Å²) in [7, 11) is 0. The number of amides is 1. The van der Waals surface area contributed by atoms with Gasteiger partial charge >= 0.3 is 6.09 Å². The summed E-state index contributed by atoms with van der Waals surface area (Å²) in [5.41, 5.74) is 2.34. The van der Waals surface area contributed by atoms with Crippen LogP contribution in [0.25, 0.3) is 0 Å². The van der Waals surface area contributed by atoms with Gasteiger partial charge in [-0.25, -0.2) is 4.79 Å². The fourth-order valence-electron chi connectivity index (χ4n) is 3.45. The smallest absolute Gasteiger partial charge is 0.407 e. The lowest BCUT2D eigenvalue weighted by molar-refractivity contribution is 0.121. The first-order valence-electron chi connectivity index (χ1n) is 8.99. The monoisotopic (exact) mass is 338 g/mol. The SMILES string of the molecule is CCN1CC(NC(=O)OCc2ccccc2)CC(c2ccccc2)C1. The van der Waals surface area contributed by atoms with E-state index >= 15 is 0 Å². The molecule has 132 valence electrons. The Kier molecular flexibility index (Phi) is 6.07. The van der Waals surface area contributed by atoms with E-state index in [1.54, 1.807) is 0 Å². The van der Waals surface area contributed by atoms with E-state index in [0.29, 0.717) is 12.5 Å². The zero-order valence-electron chi connectivity index (χ0n) is 14.7. The topological polar surface area (TPSA) is 41.6 Å². The number of piperidine rings is 1. The van der Waals surface area contributed by atoms with Crippen LogP contribution in [-0.2, 0) is 11.3 Å². The molecule has 0 aromatic heterocycles. The predicted molar refractivity (Wildman–Crippen MR) is 99.5 cm³/mol. The first-order chi connectivity index (χ1) is 12.2. The molecule has 1 fully saturated rings. The van der Waals surface area contributed by atoms with Crippen LogP contribution in [0.1, 0.15) is 30.4 Å². The standard InChI is InChI=1S/C21H26N2O2/c1-2-23-14-19(18-11-7-4-8-12-18)13-20(15-23)22-21(24)25-16-17-9-5-3-6-10-17/h3-12,19-20H,2,13-16H2,1H3,(H,22,24). The third kappa shape index (κ3) is 5.07. The number of hydrogen-bond acceptors (Lipinski definition) is 3. The lowest BCUT2D eigenvalue weighted by Gasteiger charge is -2.37. The molecule has 2 aromatic rings. The highest BCUT2D eigenvalue weighted by atomic mass is 16.5. The van der Waals surface area contributed by atoms with Crippen LogP contribution in [-0.4, -0.2) is 36.7 Å². The van der Waals surface area contributed by atoms with E-state index in [4.69, 9.17) is 4.74 Å². The van der Waals surface area contributed by atoms with Crippen LogP contribution in [0.5, 0.6) is 0 Å². The van der Waals surface area contributed by atoms with E-state index < -0.39 is 0 Å². The number of nitrogens with one attached hydrogen (secondary N) is 1. The lowest BCUT2D eigenvalue weighted by atomic mass is 9.88. The van der Waals surface area contributed by atoms with E-state index in [0.717, 1.165) is 31.6 Å². The lowest BCUT2D eigenvalue weighted by Crippen LogP contribution is -2.50. The Balaban J connectivity index is 1.56. The van der Waals surface area contributed by atoms with Gasteiger partial charge in [0.05, 0.1) is 0 Å². The van der Waals surface area contributed by atoms with Crippen molar-refractivity contribution in [1.29, 1.82) is 0 Å². The van der Waals surface area contributed by atoms with Gasteiger partial charge in [0.15, 0.2) is 0 Å². The van der Waals surface area contributed by atoms with E-state index in [-0.39, 0.29) is 12.1 Å². The second kappa shape index (κ2) is 8.67. The van der Waals surface area contributed by atoms with Crippen molar-refractivity contribution in [2.24, 2.45) is 0 Å². The van der Waals surface area contributed by atoms with Gasteiger partial charge in [-0.2, -0.15) is 0 Å². The van der Waals surface area contributed by atoms with Crippen molar-refractivity contribution in [3.63, 3.8) is 0 Å². The Bertz CT molecular complexity index is 660. The van der Waals surface area contributed by atoms with Gasteiger partial charge in [-0.05, 0) is 30.0 Å². The molecular weight excluding hydrogens is 312 g/mol. The maximum Gasteiger partial charge on any atom is 0.407 e. The van der Waals surface area contributed by atoms with Gasteiger partial charge in [0, 0.05) is 19.1 Å². The molecule has 1 heterocycles. The quantitative estimate of drug-likeness (QED) is 0.902. The second-order valence-electron chi connectivity index (χ2n) is 6.60. The number of benzene rings is 2. The van der Waals surface area contributed by atoms with Crippen LogP contribution in [0.15, 0.2) is 60.7 Å². The largest absolute Gasteiger partial charge is 0.445 e. The molecule has 0 radical (unpaired) electrons. The van der Waals surface area contributed by atoms with Crippen molar-refractivity contribution < 1.29 is 9.53 Å². The molecule has 3 rings (SSSR count). The van der Waals surface area contributed by atoms with Gasteiger partial charge in [-0.15, -0.1) is 0 Å². The van der Waals surface area contributed by atoms with Crippen molar-refractivity contribution >= 4 is 6.09 Å². The molecule has 0 aliphatic carbocycles. The van der Waals surface area contributed by atoms with Crippen LogP contribution in [0.3, 0.4) is 0 Å². The summed E-state index contributed by atoms with van der Waals surface area (Å²) in [6.45, 7) is 5.37. The van der Waals surface area contributed by atoms with Crippen molar-refractivity contribution in [2.75, 3.05) is 19.6 Å². The molecule has 0 spiro atoms. The Morgan fingerprint density at radius 2 is 1.76 bits per heavy atom. The highest BCUT2D eigenvalue weighted by molar-refractivity contribution is 5.67. The maximum atomic E-state index is 12.2. The van der Waals surface area contributed by atoms with Crippen LogP contribution in [0.2, 0.25) is 0 Å². The summed E-state index contributed by atoms with van der Waals surface area (Å²) < 4.78 is 5.37. The predicted octanol–water partition coefficient (Wildman–Crippen LogP) is 3.79. The first-order valence-corrected chi connectivity index (χ1v) is 8.99. The Hall–Kier alpha value is -2.33. The number of hydrogen-bond donors (Lipinski definition) is 1. The van der Waals surface area contributed by atoms with Gasteiger partial charge < -0.3 is 15.0 Å². The zero-order chi connectivity index (χ0) is 17.5. The number of carbonyl (C=O) groups is 1. The minimum atomic E-state index is -0.335. The average molecular weight is 338 g/mol. The van der Waals surface area contributed by atoms with Crippen molar-refractivity contribution in [2.45, 2.75) is 31.9 Å². The van der Waals surface area contributed by atoms with E-state index in [1.165, 1.54) is 5.56 Å². The second-order valence-corrected chi connectivity index (χ2v) is 6.60. The van der Waals surface area contributed by atoms with E-state index in [1.807, 2.05) is 36.4 Å². The molecule has 1 N–H and O–H groups in total. The molecule has 0 saturated carbocycles. The van der Waals surface area contributed by atoms with Crippen molar-refractivity contribution in [1.82, 2.24) is 10.2 Å². The van der Waals surface area contributed by atoms with Gasteiger partial charge in [-0.3, -0.25) is 0 Å². The maximum absolute atomic E-state index is 12.2. The Morgan fingerprint density at radius 3 is 2.44 bits per heavy atom. The molecule has 2 aromatic carbocycles. The fraction of sp³-hybridized carbons (Fsp3) is 0.381. The molecule has 1 aliphatic rings. The molecule has 4 nitrogen and oxygen atoms in total. The number of likely N-dealkylation sites (N-methyl/N-ethyl adjacent to an activating group) is 1. The van der Waals surface area contributed by atoms with Crippen molar-refractivity contribution in [3.8, 4) is 0 Å². The van der Waals surface area contributed by atoms with Crippen LogP contribution < -0.4 is 5.32 Å². The molecule has 1 aliphatic heterocycles. The third-order valence-corrected chi connectivity index (χ3v) is 4.78. The first kappa shape index (κ1) is 17.5. The zero-order valence-corrected chi connectivity index (χ0v) is 14.7. The summed E-state index contributed by atoms with van der Waals surface area (Å²) >= 11 is 0. The van der Waals surface area contributed by atoms with Gasteiger partial charge in [-0.1, -0.05) is 67.6 Å². The summed E-state index contributed by atoms with van der Waals surface area (Å²) in [6.07, 6.45) is 0.611. The highest BCUT2D eigenvalue weighted by Gasteiger charge is 2.28. The summed E-state index contributed by atoms with van der Waals surface area (Å²) in [6, 6.07) is 20.4. The molecule has 0 bridgehead atoms. The molecule has 25 heavy (non-hydrogen) atoms. The van der Waals surface area contributed by atoms with Gasteiger partial charge in [0.2, 0.25) is 0 Å². The molecule has 4 heteroatoms. The number of alkyl carbamates (subject to hydrolysis) is 1. The minimum Gasteiger partial charge on any atom is -0.445 e. The number of likely N-dealkylation sites (tertiary alicyclic amines) is 1. The number of nitrogens with zero attached hydrogens (tertiary/aromatic N) is 1. The van der Waals surface area contributed by atoms with Crippen LogP contribution >= 0.6 is 0 Å². The Labute approximate surface area is 149 Å². The molecule has 2 unspecified atom stereocenters. The van der Waals surface area contributed by atoms with Crippen molar-refractivity contribution in [3.05, 3.63) is 71.8 Å². The van der Waals surface area contributed by atoms with Crippen LogP contribution in [0, 0.1) is 0 Å². The molecule has 2 atom stereocenters. The van der Waals surface area contributed by atoms with Gasteiger partial charge in [0.1, 0.15) is 6.61 Å². The summed E-state index contributed by atoms with van der Waals surface area (Å²) in [5, 5.41) is 3.05.